The number of aromatic nitrogens is 1. The van der Waals surface area contributed by atoms with Crippen LogP contribution in [0.2, 0.25) is 0 Å². The topological polar surface area (TPSA) is 42.4 Å². The van der Waals surface area contributed by atoms with Crippen molar-refractivity contribution in [2.45, 2.75) is 64.6 Å². The van der Waals surface area contributed by atoms with Crippen LogP contribution < -0.4 is 0 Å². The second-order valence-electron chi connectivity index (χ2n) is 6.74. The van der Waals surface area contributed by atoms with Gasteiger partial charge in [-0.1, -0.05) is 19.9 Å². The quantitative estimate of drug-likeness (QED) is 0.897. The Kier molecular flexibility index (Phi) is 4.82. The van der Waals surface area contributed by atoms with Gasteiger partial charge in [0.05, 0.1) is 11.7 Å². The molecule has 3 nitrogen and oxygen atoms in total. The first-order valence-corrected chi connectivity index (χ1v) is 7.68. The highest BCUT2D eigenvalue weighted by molar-refractivity contribution is 5.12. The van der Waals surface area contributed by atoms with Gasteiger partial charge in [0.25, 0.3) is 0 Å². The Morgan fingerprint density at radius 3 is 2.55 bits per heavy atom. The number of ether oxygens (including phenoxy) is 1. The van der Waals surface area contributed by atoms with Crippen LogP contribution >= 0.6 is 0 Å². The Morgan fingerprint density at radius 1 is 1.30 bits per heavy atom. The minimum Gasteiger partial charge on any atom is -0.390 e. The van der Waals surface area contributed by atoms with Gasteiger partial charge in [-0.25, -0.2) is 0 Å². The highest BCUT2D eigenvalue weighted by atomic mass is 16.5. The predicted molar refractivity (Wildman–Crippen MR) is 80.6 cm³/mol. The fraction of sp³-hybridized carbons (Fsp3) is 0.706. The molecule has 1 unspecified atom stereocenters. The van der Waals surface area contributed by atoms with Crippen molar-refractivity contribution >= 4 is 0 Å². The summed E-state index contributed by atoms with van der Waals surface area (Å²) >= 11 is 0. The van der Waals surface area contributed by atoms with Crippen LogP contribution in [0.5, 0.6) is 0 Å². The lowest BCUT2D eigenvalue weighted by atomic mass is 9.68. The molecule has 1 aromatic rings. The van der Waals surface area contributed by atoms with E-state index in [2.05, 4.69) is 18.8 Å². The van der Waals surface area contributed by atoms with E-state index in [4.69, 9.17) is 4.74 Å². The maximum atomic E-state index is 10.7. The highest BCUT2D eigenvalue weighted by Gasteiger charge is 2.44. The number of hydrogen-bond donors (Lipinski definition) is 1. The van der Waals surface area contributed by atoms with E-state index in [0.29, 0.717) is 18.4 Å². The molecule has 0 saturated heterocycles. The van der Waals surface area contributed by atoms with E-state index in [0.717, 1.165) is 31.2 Å². The molecule has 1 aromatic heterocycles. The summed E-state index contributed by atoms with van der Waals surface area (Å²) < 4.78 is 6.03. The molecular weight excluding hydrogens is 250 g/mol. The maximum absolute atomic E-state index is 10.7. The number of nitrogens with zero attached hydrogens (tertiary/aromatic N) is 1. The minimum atomic E-state index is -0.456. The number of aliphatic hydroxyl groups excluding tert-OH is 1. The van der Waals surface area contributed by atoms with Gasteiger partial charge in [-0.15, -0.1) is 0 Å². The van der Waals surface area contributed by atoms with Crippen molar-refractivity contribution in [3.8, 4) is 0 Å². The largest absolute Gasteiger partial charge is 0.390 e. The van der Waals surface area contributed by atoms with E-state index in [1.165, 1.54) is 0 Å². The molecule has 1 saturated carbocycles. The molecule has 2 rings (SSSR count). The summed E-state index contributed by atoms with van der Waals surface area (Å²) in [4.78, 5) is 4.12. The van der Waals surface area contributed by atoms with Gasteiger partial charge in [0, 0.05) is 25.4 Å². The summed E-state index contributed by atoms with van der Waals surface area (Å²) in [5, 5.41) is 10.7. The molecule has 0 bridgehead atoms. The minimum absolute atomic E-state index is 0.370. The molecule has 1 atom stereocenters. The molecule has 3 heteroatoms. The van der Waals surface area contributed by atoms with Crippen LogP contribution in [0, 0.1) is 5.41 Å². The lowest BCUT2D eigenvalue weighted by molar-refractivity contribution is -0.150. The molecule has 0 radical (unpaired) electrons. The highest BCUT2D eigenvalue weighted by Crippen LogP contribution is 2.44. The van der Waals surface area contributed by atoms with E-state index in [-0.39, 0.29) is 5.60 Å². The van der Waals surface area contributed by atoms with Gasteiger partial charge in [-0.05, 0) is 49.7 Å². The van der Waals surface area contributed by atoms with E-state index in [1.807, 2.05) is 25.3 Å². The van der Waals surface area contributed by atoms with Crippen LogP contribution in [0.4, 0.5) is 0 Å². The van der Waals surface area contributed by atoms with Crippen molar-refractivity contribution in [3.05, 3.63) is 30.1 Å². The van der Waals surface area contributed by atoms with E-state index >= 15 is 0 Å². The smallest absolute Gasteiger partial charge is 0.0943 e. The lowest BCUT2D eigenvalue weighted by Gasteiger charge is -2.46. The third-order valence-electron chi connectivity index (χ3n) is 4.64. The van der Waals surface area contributed by atoms with Gasteiger partial charge in [0.2, 0.25) is 0 Å². The van der Waals surface area contributed by atoms with Crippen LogP contribution in [0.25, 0.3) is 0 Å². The average molecular weight is 277 g/mol. The number of hydrogen-bond acceptors (Lipinski definition) is 3. The zero-order valence-corrected chi connectivity index (χ0v) is 12.9. The molecule has 1 fully saturated rings. The van der Waals surface area contributed by atoms with Crippen molar-refractivity contribution < 1.29 is 9.84 Å². The molecule has 0 aromatic carbocycles. The predicted octanol–water partition coefficient (Wildman–Crippen LogP) is 3.36. The van der Waals surface area contributed by atoms with Crippen molar-refractivity contribution in [1.82, 2.24) is 4.98 Å². The van der Waals surface area contributed by atoms with Gasteiger partial charge in [0.1, 0.15) is 0 Å². The number of aliphatic hydroxyl groups is 1. The third kappa shape index (κ3) is 3.58. The van der Waals surface area contributed by atoms with Crippen molar-refractivity contribution in [2.24, 2.45) is 5.41 Å². The van der Waals surface area contributed by atoms with Gasteiger partial charge in [-0.2, -0.15) is 0 Å². The summed E-state index contributed by atoms with van der Waals surface area (Å²) in [6.07, 6.45) is 7.85. The summed E-state index contributed by atoms with van der Waals surface area (Å²) in [6, 6.07) is 3.93. The first kappa shape index (κ1) is 15.5. The summed E-state index contributed by atoms with van der Waals surface area (Å²) in [5.74, 6) is 0. The van der Waals surface area contributed by atoms with Gasteiger partial charge < -0.3 is 9.84 Å². The molecule has 0 spiro atoms. The lowest BCUT2D eigenvalue weighted by Crippen LogP contribution is -2.50. The van der Waals surface area contributed by atoms with E-state index in [1.54, 1.807) is 6.20 Å². The Labute approximate surface area is 122 Å². The maximum Gasteiger partial charge on any atom is 0.0943 e. The van der Waals surface area contributed by atoms with E-state index in [9.17, 15) is 5.11 Å². The molecule has 20 heavy (non-hydrogen) atoms. The first-order valence-electron chi connectivity index (χ1n) is 7.68. The number of rotatable bonds is 5. The van der Waals surface area contributed by atoms with Gasteiger partial charge >= 0.3 is 0 Å². The van der Waals surface area contributed by atoms with Crippen molar-refractivity contribution in [1.29, 1.82) is 0 Å². The molecular formula is C17H27NO2. The SMILES string of the molecule is CCOC1(C(O)Cc2cccnc2)CCC(C)(C)CC1. The first-order chi connectivity index (χ1) is 9.47. The van der Waals surface area contributed by atoms with Crippen LogP contribution in [0.3, 0.4) is 0 Å². The Hall–Kier alpha value is -0.930. The molecule has 0 aliphatic heterocycles. The Bertz CT molecular complexity index is 406. The molecule has 0 amide bonds. The van der Waals surface area contributed by atoms with Crippen LogP contribution in [-0.4, -0.2) is 28.4 Å². The average Bonchev–Trinajstić information content (AvgIpc) is 2.43. The molecule has 1 heterocycles. The standard InChI is InChI=1S/C17H27NO2/c1-4-20-17(9-7-16(2,3)8-10-17)15(19)12-14-6-5-11-18-13-14/h5-6,11,13,15,19H,4,7-10,12H2,1-3H3. The van der Waals surface area contributed by atoms with Gasteiger partial charge in [0.15, 0.2) is 0 Å². The number of pyridine rings is 1. The van der Waals surface area contributed by atoms with Crippen LogP contribution in [0.15, 0.2) is 24.5 Å². The zero-order chi connectivity index (χ0) is 14.6. The third-order valence-corrected chi connectivity index (χ3v) is 4.64. The monoisotopic (exact) mass is 277 g/mol. The normalized spacial score (nSPS) is 22.4. The molecule has 1 aliphatic carbocycles. The van der Waals surface area contributed by atoms with Crippen molar-refractivity contribution in [2.75, 3.05) is 6.61 Å². The Balaban J connectivity index is 2.08. The summed E-state index contributed by atoms with van der Waals surface area (Å²) in [6.45, 7) is 7.27. The van der Waals surface area contributed by atoms with Gasteiger partial charge in [-0.3, -0.25) is 4.98 Å². The zero-order valence-electron chi connectivity index (χ0n) is 12.9. The van der Waals surface area contributed by atoms with Crippen LogP contribution in [0.1, 0.15) is 52.0 Å². The van der Waals surface area contributed by atoms with Crippen LogP contribution in [-0.2, 0) is 11.2 Å². The fourth-order valence-corrected chi connectivity index (χ4v) is 3.14. The summed E-state index contributed by atoms with van der Waals surface area (Å²) in [5.41, 5.74) is 1.07. The molecule has 112 valence electrons. The van der Waals surface area contributed by atoms with Crippen molar-refractivity contribution in [3.63, 3.8) is 0 Å². The molecule has 1 N–H and O–H groups in total. The second-order valence-corrected chi connectivity index (χ2v) is 6.74. The molecule has 1 aliphatic rings. The second kappa shape index (κ2) is 6.23. The summed E-state index contributed by atoms with van der Waals surface area (Å²) in [7, 11) is 0. The Morgan fingerprint density at radius 2 is 2.00 bits per heavy atom. The van der Waals surface area contributed by atoms with E-state index < -0.39 is 6.10 Å². The fourth-order valence-electron chi connectivity index (χ4n) is 3.14.